The van der Waals surface area contributed by atoms with Crippen molar-refractivity contribution in [3.63, 3.8) is 0 Å². The Hall–Kier alpha value is -1.43. The molecule has 2 aliphatic heterocycles. The zero-order valence-electron chi connectivity index (χ0n) is 14.5. The normalized spacial score (nSPS) is 19.7. The number of carbonyl (C=O) groups is 1. The Morgan fingerprint density at radius 2 is 2.12 bits per heavy atom. The van der Waals surface area contributed by atoms with Crippen molar-refractivity contribution >= 4 is 45.7 Å². The molecule has 0 bridgehead atoms. The second-order valence-corrected chi connectivity index (χ2v) is 6.82. The van der Waals surface area contributed by atoms with Crippen LogP contribution in [-0.2, 0) is 22.4 Å². The highest BCUT2D eigenvalue weighted by Crippen LogP contribution is 2.40. The van der Waals surface area contributed by atoms with E-state index in [2.05, 4.69) is 15.6 Å². The number of amides is 1. The van der Waals surface area contributed by atoms with Crippen molar-refractivity contribution in [2.75, 3.05) is 25.1 Å². The molecule has 5 nitrogen and oxygen atoms in total. The molecule has 0 radical (unpaired) electrons. The molecular formula is C18H23Cl2N3O2. The van der Waals surface area contributed by atoms with Gasteiger partial charge in [0, 0.05) is 36.3 Å². The largest absolute Gasteiger partial charge is 0.379 e. The molecular weight excluding hydrogens is 361 g/mol. The molecule has 1 fully saturated rings. The summed E-state index contributed by atoms with van der Waals surface area (Å²) in [4.78, 5) is 15.3. The van der Waals surface area contributed by atoms with Crippen LogP contribution in [0.5, 0.6) is 0 Å². The van der Waals surface area contributed by atoms with Crippen molar-refractivity contribution in [2.24, 2.45) is 0 Å². The highest BCUT2D eigenvalue weighted by molar-refractivity contribution is 6.45. The van der Waals surface area contributed by atoms with Gasteiger partial charge in [0.25, 0.3) is 0 Å². The molecule has 1 saturated heterocycles. The highest BCUT2D eigenvalue weighted by atomic mass is 35.5. The summed E-state index contributed by atoms with van der Waals surface area (Å²) in [6, 6.07) is 2.10. The number of carbonyl (C=O) groups excluding carboxylic acids is 1. The minimum atomic E-state index is 0.0332. The number of benzene rings is 1. The van der Waals surface area contributed by atoms with Crippen LogP contribution in [0.4, 0.5) is 5.69 Å². The van der Waals surface area contributed by atoms with Gasteiger partial charge in [-0.15, -0.1) is 0 Å². The van der Waals surface area contributed by atoms with E-state index in [1.165, 1.54) is 0 Å². The van der Waals surface area contributed by atoms with Crippen LogP contribution in [0.1, 0.15) is 31.5 Å². The molecule has 3 N–H and O–H groups in total. The number of ether oxygens (including phenoxy) is 1. The third-order valence-corrected chi connectivity index (χ3v) is 5.27. The number of fused-ring (bicyclic) bond motifs is 3. The van der Waals surface area contributed by atoms with Gasteiger partial charge in [-0.1, -0.05) is 37.0 Å². The minimum absolute atomic E-state index is 0.0332. The van der Waals surface area contributed by atoms with Crippen LogP contribution in [0, 0.1) is 0 Å². The van der Waals surface area contributed by atoms with Gasteiger partial charge >= 0.3 is 0 Å². The lowest BCUT2D eigenvalue weighted by atomic mass is 10.0. The molecule has 0 aliphatic carbocycles. The van der Waals surface area contributed by atoms with E-state index in [0.717, 1.165) is 47.3 Å². The number of aromatic nitrogens is 1. The first-order valence-corrected chi connectivity index (χ1v) is 9.51. The van der Waals surface area contributed by atoms with Crippen LogP contribution in [0.25, 0.3) is 10.9 Å². The molecule has 1 unspecified atom stereocenters. The van der Waals surface area contributed by atoms with Gasteiger partial charge < -0.3 is 20.4 Å². The number of halogens is 2. The summed E-state index contributed by atoms with van der Waals surface area (Å²) >= 11 is 12.7. The van der Waals surface area contributed by atoms with E-state index in [1.54, 1.807) is 0 Å². The standard InChI is InChI=1S/C16H17Cl2N3O2.C2H6/c17-10-6-12(20-8-2-4-23-7-8)14-9-5-13(22)19-3-1-11(9)21-16(14)15(10)18;1-2/h6,8,20-21H,1-5,7H2,(H,19,22);1-2H3. The topological polar surface area (TPSA) is 66.2 Å². The lowest BCUT2D eigenvalue weighted by Crippen LogP contribution is -2.24. The summed E-state index contributed by atoms with van der Waals surface area (Å²) < 4.78 is 5.43. The molecule has 1 aromatic heterocycles. The van der Waals surface area contributed by atoms with Crippen LogP contribution in [0.15, 0.2) is 6.07 Å². The van der Waals surface area contributed by atoms with Crippen LogP contribution in [0.3, 0.4) is 0 Å². The molecule has 0 saturated carbocycles. The van der Waals surface area contributed by atoms with E-state index in [4.69, 9.17) is 27.9 Å². The fourth-order valence-electron chi connectivity index (χ4n) is 3.37. The average molecular weight is 384 g/mol. The number of nitrogens with one attached hydrogen (secondary N) is 3. The van der Waals surface area contributed by atoms with Gasteiger partial charge in [-0.3, -0.25) is 4.79 Å². The first-order chi connectivity index (χ1) is 12.1. The molecule has 136 valence electrons. The van der Waals surface area contributed by atoms with Gasteiger partial charge in [0.05, 0.1) is 34.6 Å². The number of hydrogen-bond donors (Lipinski definition) is 3. The van der Waals surface area contributed by atoms with Crippen LogP contribution in [0.2, 0.25) is 10.0 Å². The average Bonchev–Trinajstić information content (AvgIpc) is 3.19. The molecule has 1 atom stereocenters. The van der Waals surface area contributed by atoms with Gasteiger partial charge in [-0.25, -0.2) is 0 Å². The Morgan fingerprint density at radius 3 is 2.84 bits per heavy atom. The molecule has 1 amide bonds. The lowest BCUT2D eigenvalue weighted by Gasteiger charge is -2.15. The van der Waals surface area contributed by atoms with Gasteiger partial charge in [0.15, 0.2) is 0 Å². The SMILES string of the molecule is CC.O=C1Cc2c([nH]c3c(Cl)c(Cl)cc(NC4CCOC4)c23)CCN1. The fourth-order valence-corrected chi connectivity index (χ4v) is 3.77. The Balaban J connectivity index is 0.000000880. The van der Waals surface area contributed by atoms with Crippen molar-refractivity contribution in [2.45, 2.75) is 39.2 Å². The maximum atomic E-state index is 12.0. The number of anilines is 1. The zero-order chi connectivity index (χ0) is 18.0. The fraction of sp³-hybridized carbons (Fsp3) is 0.500. The molecule has 2 aromatic rings. The van der Waals surface area contributed by atoms with E-state index in [9.17, 15) is 4.79 Å². The second kappa shape index (κ2) is 7.85. The van der Waals surface area contributed by atoms with Gasteiger partial charge in [-0.2, -0.15) is 0 Å². The molecule has 0 spiro atoms. The molecule has 4 rings (SSSR count). The first kappa shape index (κ1) is 18.4. The Morgan fingerprint density at radius 1 is 1.32 bits per heavy atom. The zero-order valence-corrected chi connectivity index (χ0v) is 16.0. The molecule has 3 heterocycles. The highest BCUT2D eigenvalue weighted by Gasteiger charge is 2.24. The third kappa shape index (κ3) is 3.59. The van der Waals surface area contributed by atoms with E-state index >= 15 is 0 Å². The molecule has 1 aromatic carbocycles. The number of aromatic amines is 1. The summed E-state index contributed by atoms with van der Waals surface area (Å²) in [5.41, 5.74) is 3.78. The van der Waals surface area contributed by atoms with Crippen molar-refractivity contribution in [1.82, 2.24) is 10.3 Å². The van der Waals surface area contributed by atoms with Gasteiger partial charge in [0.1, 0.15) is 0 Å². The Kier molecular flexibility index (Phi) is 5.77. The predicted octanol–water partition coefficient (Wildman–Crippen LogP) is 3.92. The van der Waals surface area contributed by atoms with E-state index in [0.29, 0.717) is 29.6 Å². The van der Waals surface area contributed by atoms with Crippen molar-refractivity contribution in [1.29, 1.82) is 0 Å². The summed E-state index contributed by atoms with van der Waals surface area (Å²) in [5.74, 6) is 0.0332. The first-order valence-electron chi connectivity index (χ1n) is 8.76. The Bertz CT molecular complexity index is 782. The lowest BCUT2D eigenvalue weighted by molar-refractivity contribution is -0.120. The third-order valence-electron chi connectivity index (χ3n) is 4.49. The summed E-state index contributed by atoms with van der Waals surface area (Å²) in [5, 5.41) is 8.38. The minimum Gasteiger partial charge on any atom is -0.379 e. The Labute approximate surface area is 157 Å². The quantitative estimate of drug-likeness (QED) is 0.736. The van der Waals surface area contributed by atoms with Crippen LogP contribution in [-0.4, -0.2) is 36.7 Å². The van der Waals surface area contributed by atoms with Crippen LogP contribution < -0.4 is 10.6 Å². The monoisotopic (exact) mass is 383 g/mol. The second-order valence-electron chi connectivity index (χ2n) is 6.03. The van der Waals surface area contributed by atoms with Crippen molar-refractivity contribution < 1.29 is 9.53 Å². The van der Waals surface area contributed by atoms with E-state index < -0.39 is 0 Å². The molecule has 25 heavy (non-hydrogen) atoms. The van der Waals surface area contributed by atoms with E-state index in [-0.39, 0.29) is 11.9 Å². The molecule has 7 heteroatoms. The maximum Gasteiger partial charge on any atom is 0.224 e. The van der Waals surface area contributed by atoms with Crippen molar-refractivity contribution in [3.05, 3.63) is 27.4 Å². The molecule has 2 aliphatic rings. The van der Waals surface area contributed by atoms with Crippen LogP contribution >= 0.6 is 23.2 Å². The number of rotatable bonds is 2. The predicted molar refractivity (Wildman–Crippen MR) is 103 cm³/mol. The van der Waals surface area contributed by atoms with Gasteiger partial charge in [0.2, 0.25) is 5.91 Å². The number of H-pyrrole nitrogens is 1. The summed E-state index contributed by atoms with van der Waals surface area (Å²) in [7, 11) is 0. The number of hydrogen-bond acceptors (Lipinski definition) is 3. The smallest absolute Gasteiger partial charge is 0.224 e. The van der Waals surface area contributed by atoms with E-state index in [1.807, 2.05) is 19.9 Å². The summed E-state index contributed by atoms with van der Waals surface area (Å²) in [6.07, 6.45) is 2.06. The summed E-state index contributed by atoms with van der Waals surface area (Å²) in [6.45, 7) is 6.06. The maximum absolute atomic E-state index is 12.0. The van der Waals surface area contributed by atoms with Crippen molar-refractivity contribution in [3.8, 4) is 0 Å². The van der Waals surface area contributed by atoms with Gasteiger partial charge in [-0.05, 0) is 18.1 Å².